The molecule has 21 heavy (non-hydrogen) atoms. The van der Waals surface area contributed by atoms with Crippen LogP contribution in [-0.2, 0) is 0 Å². The molecule has 1 aromatic carbocycles. The minimum absolute atomic E-state index is 0.0796. The summed E-state index contributed by atoms with van der Waals surface area (Å²) < 4.78 is 7.89. The van der Waals surface area contributed by atoms with Crippen LogP contribution in [0.1, 0.15) is 5.56 Å². The summed E-state index contributed by atoms with van der Waals surface area (Å²) in [6, 6.07) is 4.88. The lowest BCUT2D eigenvalue weighted by Crippen LogP contribution is -1.99. The van der Waals surface area contributed by atoms with Crippen LogP contribution in [0.3, 0.4) is 0 Å². The number of para-hydroxylation sites is 1. The van der Waals surface area contributed by atoms with Gasteiger partial charge in [0, 0.05) is 24.2 Å². The summed E-state index contributed by atoms with van der Waals surface area (Å²) >= 11 is 3.27. The number of aryl methyl sites for hydroxylation is 1. The van der Waals surface area contributed by atoms with E-state index in [0.29, 0.717) is 15.8 Å². The Kier molecular flexibility index (Phi) is 3.30. The average molecular weight is 349 g/mol. The molecule has 0 amide bonds. The molecule has 2 aromatic heterocycles. The number of nitro benzene ring substituents is 1. The Morgan fingerprint density at radius 2 is 2.24 bits per heavy atom. The van der Waals surface area contributed by atoms with Crippen molar-refractivity contribution in [2.75, 3.05) is 0 Å². The fourth-order valence-corrected chi connectivity index (χ4v) is 2.38. The highest BCUT2D eigenvalue weighted by Crippen LogP contribution is 2.34. The highest BCUT2D eigenvalue weighted by molar-refractivity contribution is 9.10. The van der Waals surface area contributed by atoms with Gasteiger partial charge in [-0.1, -0.05) is 12.1 Å². The Bertz CT molecular complexity index is 847. The fraction of sp³-hybridized carbons (Fsp3) is 0.0769. The molecule has 0 aliphatic carbocycles. The minimum atomic E-state index is -0.467. The van der Waals surface area contributed by atoms with Gasteiger partial charge in [-0.25, -0.2) is 9.97 Å². The summed E-state index contributed by atoms with van der Waals surface area (Å²) in [4.78, 5) is 19.0. The van der Waals surface area contributed by atoms with E-state index in [-0.39, 0.29) is 17.3 Å². The molecule has 7 nitrogen and oxygen atoms in total. The predicted molar refractivity (Wildman–Crippen MR) is 78.6 cm³/mol. The number of imidazole rings is 1. The molecule has 0 radical (unpaired) electrons. The van der Waals surface area contributed by atoms with Crippen molar-refractivity contribution in [3.63, 3.8) is 0 Å². The van der Waals surface area contributed by atoms with Crippen LogP contribution in [0.15, 0.2) is 41.4 Å². The topological polar surface area (TPSA) is 82.6 Å². The largest absolute Gasteiger partial charge is 0.428 e. The maximum absolute atomic E-state index is 11.2. The zero-order valence-electron chi connectivity index (χ0n) is 10.9. The Labute approximate surface area is 127 Å². The highest BCUT2D eigenvalue weighted by atomic mass is 79.9. The summed E-state index contributed by atoms with van der Waals surface area (Å²) in [7, 11) is 0. The number of hydrogen-bond acceptors (Lipinski definition) is 5. The van der Waals surface area contributed by atoms with E-state index in [1.807, 2.05) is 0 Å². The van der Waals surface area contributed by atoms with Gasteiger partial charge in [0.05, 0.1) is 4.92 Å². The molecule has 3 rings (SSSR count). The van der Waals surface area contributed by atoms with Crippen LogP contribution in [0.25, 0.3) is 5.65 Å². The number of aromatic nitrogens is 3. The SMILES string of the molecule is Cc1cccc(Oc2nc(Br)cn3ccnc23)c1[N+](=O)[O-]. The molecule has 3 aromatic rings. The zero-order chi connectivity index (χ0) is 15.0. The number of rotatable bonds is 3. The summed E-state index contributed by atoms with van der Waals surface area (Å²) in [6.45, 7) is 1.66. The lowest BCUT2D eigenvalue weighted by Gasteiger charge is -2.08. The van der Waals surface area contributed by atoms with Crippen LogP contribution in [0.5, 0.6) is 11.6 Å². The molecule has 0 aliphatic rings. The van der Waals surface area contributed by atoms with Crippen molar-refractivity contribution >= 4 is 27.3 Å². The molecule has 0 spiro atoms. The van der Waals surface area contributed by atoms with Gasteiger partial charge in [-0.3, -0.25) is 14.5 Å². The van der Waals surface area contributed by atoms with Crippen molar-refractivity contribution in [2.24, 2.45) is 0 Å². The smallest absolute Gasteiger partial charge is 0.314 e. The Balaban J connectivity index is 2.13. The van der Waals surface area contributed by atoms with Gasteiger partial charge in [0.2, 0.25) is 11.4 Å². The monoisotopic (exact) mass is 348 g/mol. The second-order valence-corrected chi connectivity index (χ2v) is 5.12. The number of benzene rings is 1. The van der Waals surface area contributed by atoms with Crippen molar-refractivity contribution < 1.29 is 9.66 Å². The molecule has 0 aliphatic heterocycles. The second-order valence-electron chi connectivity index (χ2n) is 4.31. The predicted octanol–water partition coefficient (Wildman–Crippen LogP) is 3.50. The Morgan fingerprint density at radius 1 is 1.43 bits per heavy atom. The van der Waals surface area contributed by atoms with Crippen LogP contribution < -0.4 is 4.74 Å². The molecular formula is C13H9BrN4O3. The standard InChI is InChI=1S/C13H9BrN4O3/c1-8-3-2-4-9(11(8)18(19)20)21-13-12-15-5-6-17(12)7-10(14)16-13/h2-7H,1H3. The second kappa shape index (κ2) is 5.13. The lowest BCUT2D eigenvalue weighted by molar-refractivity contribution is -0.386. The van der Waals surface area contributed by atoms with Gasteiger partial charge in [-0.15, -0.1) is 0 Å². The molecule has 0 unspecified atom stereocenters. The van der Waals surface area contributed by atoms with Gasteiger partial charge in [0.25, 0.3) is 5.88 Å². The van der Waals surface area contributed by atoms with E-state index < -0.39 is 4.92 Å². The van der Waals surface area contributed by atoms with Crippen molar-refractivity contribution in [1.82, 2.24) is 14.4 Å². The summed E-state index contributed by atoms with van der Waals surface area (Å²) in [5.74, 6) is 0.332. The maximum atomic E-state index is 11.2. The number of ether oxygens (including phenoxy) is 1. The van der Waals surface area contributed by atoms with Gasteiger partial charge < -0.3 is 4.74 Å². The Hall–Kier alpha value is -2.48. The van der Waals surface area contributed by atoms with Gasteiger partial charge in [-0.05, 0) is 28.9 Å². The van der Waals surface area contributed by atoms with Crippen LogP contribution >= 0.6 is 15.9 Å². The molecule has 8 heteroatoms. The molecule has 0 fully saturated rings. The highest BCUT2D eigenvalue weighted by Gasteiger charge is 2.20. The Morgan fingerprint density at radius 3 is 3.00 bits per heavy atom. The van der Waals surface area contributed by atoms with Gasteiger partial charge in [-0.2, -0.15) is 0 Å². The average Bonchev–Trinajstić information content (AvgIpc) is 2.86. The third kappa shape index (κ3) is 2.45. The van der Waals surface area contributed by atoms with E-state index in [1.54, 1.807) is 42.0 Å². The van der Waals surface area contributed by atoms with Crippen LogP contribution in [0.4, 0.5) is 5.69 Å². The third-order valence-electron chi connectivity index (χ3n) is 2.90. The third-order valence-corrected chi connectivity index (χ3v) is 3.29. The van der Waals surface area contributed by atoms with Crippen LogP contribution in [-0.4, -0.2) is 19.3 Å². The first-order valence-electron chi connectivity index (χ1n) is 5.97. The molecule has 106 valence electrons. The van der Waals surface area contributed by atoms with E-state index in [4.69, 9.17) is 4.74 Å². The normalized spacial score (nSPS) is 10.8. The number of halogens is 1. The van der Waals surface area contributed by atoms with Crippen molar-refractivity contribution in [2.45, 2.75) is 6.92 Å². The first-order chi connectivity index (χ1) is 10.1. The molecule has 2 heterocycles. The summed E-state index contributed by atoms with van der Waals surface area (Å²) in [5, 5.41) is 11.2. The van der Waals surface area contributed by atoms with Crippen LogP contribution in [0.2, 0.25) is 0 Å². The van der Waals surface area contributed by atoms with Crippen molar-refractivity contribution in [3.05, 3.63) is 57.1 Å². The number of fused-ring (bicyclic) bond motifs is 1. The number of nitrogens with zero attached hydrogens (tertiary/aromatic N) is 4. The van der Waals surface area contributed by atoms with E-state index in [2.05, 4.69) is 25.9 Å². The van der Waals surface area contributed by atoms with Gasteiger partial charge >= 0.3 is 5.69 Å². The van der Waals surface area contributed by atoms with Gasteiger partial charge in [0.1, 0.15) is 4.60 Å². The summed E-state index contributed by atoms with van der Waals surface area (Å²) in [6.07, 6.45) is 5.06. The lowest BCUT2D eigenvalue weighted by atomic mass is 10.2. The van der Waals surface area contributed by atoms with Gasteiger partial charge in [0.15, 0.2) is 0 Å². The van der Waals surface area contributed by atoms with E-state index in [1.165, 1.54) is 6.07 Å². The van der Waals surface area contributed by atoms with Crippen molar-refractivity contribution in [3.8, 4) is 11.6 Å². The molecule has 0 saturated heterocycles. The first kappa shape index (κ1) is 13.5. The van der Waals surface area contributed by atoms with E-state index in [9.17, 15) is 10.1 Å². The molecular weight excluding hydrogens is 340 g/mol. The fourth-order valence-electron chi connectivity index (χ4n) is 1.99. The van der Waals surface area contributed by atoms with E-state index >= 15 is 0 Å². The maximum Gasteiger partial charge on any atom is 0.314 e. The molecule has 0 bridgehead atoms. The quantitative estimate of drug-likeness (QED) is 0.534. The summed E-state index contributed by atoms with van der Waals surface area (Å²) in [5.41, 5.74) is 0.921. The number of nitro groups is 1. The minimum Gasteiger partial charge on any atom is -0.428 e. The molecule has 0 saturated carbocycles. The number of hydrogen-bond donors (Lipinski definition) is 0. The van der Waals surface area contributed by atoms with E-state index in [0.717, 1.165) is 0 Å². The van der Waals surface area contributed by atoms with Crippen molar-refractivity contribution in [1.29, 1.82) is 0 Å². The zero-order valence-corrected chi connectivity index (χ0v) is 12.4. The van der Waals surface area contributed by atoms with Crippen LogP contribution in [0, 0.1) is 17.0 Å². The molecule has 0 N–H and O–H groups in total. The molecule has 0 atom stereocenters. The first-order valence-corrected chi connectivity index (χ1v) is 6.76.